The number of hydrogen-bond acceptors (Lipinski definition) is 3. The molecule has 23 heavy (non-hydrogen) atoms. The molecule has 2 rings (SSSR count). The van der Waals surface area contributed by atoms with Gasteiger partial charge in [0, 0.05) is 19.3 Å². The number of carbonyl (C=O) groups is 1. The number of nitrogens with one attached hydrogen (secondary N) is 1. The monoisotopic (exact) mass is 396 g/mol. The van der Waals surface area contributed by atoms with E-state index in [0.29, 0.717) is 12.2 Å². The minimum Gasteiger partial charge on any atom is -0.325 e. The Balaban J connectivity index is 2.14. The first-order valence-electron chi connectivity index (χ1n) is 6.89. The first-order valence-corrected chi connectivity index (χ1v) is 9.46. The minimum absolute atomic E-state index is 0.187. The molecule has 0 saturated heterocycles. The quantitative estimate of drug-likeness (QED) is 0.763. The second-order valence-corrected chi connectivity index (χ2v) is 7.56. The van der Waals surface area contributed by atoms with E-state index in [-0.39, 0.29) is 16.1 Å². The molecule has 2 aromatic carbocycles. The summed E-state index contributed by atoms with van der Waals surface area (Å²) in [5.41, 5.74) is 1.47. The molecule has 1 N–H and O–H groups in total. The van der Waals surface area contributed by atoms with Gasteiger partial charge in [-0.3, -0.25) is 4.79 Å². The minimum atomic E-state index is -3.58. The summed E-state index contributed by atoms with van der Waals surface area (Å²) in [6.07, 6.45) is 0. The van der Waals surface area contributed by atoms with Gasteiger partial charge in [0.05, 0.1) is 10.2 Å². The van der Waals surface area contributed by atoms with Crippen molar-refractivity contribution in [1.29, 1.82) is 0 Å². The Hall–Kier alpha value is -1.70. The van der Waals surface area contributed by atoms with Crippen LogP contribution in [0.3, 0.4) is 0 Å². The molecule has 5 nitrogen and oxygen atoms in total. The van der Waals surface area contributed by atoms with Crippen LogP contribution in [0.25, 0.3) is 0 Å². The van der Waals surface area contributed by atoms with Crippen LogP contribution in [0, 0.1) is 0 Å². The van der Waals surface area contributed by atoms with Gasteiger partial charge in [-0.25, -0.2) is 8.42 Å². The van der Waals surface area contributed by atoms with Crippen molar-refractivity contribution in [2.75, 3.05) is 17.7 Å². The topological polar surface area (TPSA) is 66.5 Å². The summed E-state index contributed by atoms with van der Waals surface area (Å²) in [5, 5.41) is 2.83. The molecule has 0 heterocycles. The third kappa shape index (κ3) is 4.63. The molecule has 0 saturated carbocycles. The fourth-order valence-electron chi connectivity index (χ4n) is 2.01. The lowest BCUT2D eigenvalue weighted by Gasteiger charge is -2.17. The van der Waals surface area contributed by atoms with Crippen molar-refractivity contribution in [2.45, 2.75) is 11.4 Å². The Bertz CT molecular complexity index is 762. The average Bonchev–Trinajstić information content (AvgIpc) is 2.56. The molecule has 0 atom stereocenters. The molecular formula is C16H17BrN2O3S. The third-order valence-corrected chi connectivity index (χ3v) is 5.54. The lowest BCUT2D eigenvalue weighted by molar-refractivity contribution is -0.113. The van der Waals surface area contributed by atoms with Gasteiger partial charge < -0.3 is 5.32 Å². The number of nitrogens with zero attached hydrogens (tertiary/aromatic N) is 1. The van der Waals surface area contributed by atoms with Crippen LogP contribution in [-0.4, -0.2) is 31.0 Å². The van der Waals surface area contributed by atoms with Gasteiger partial charge in [0.2, 0.25) is 15.9 Å². The van der Waals surface area contributed by atoms with Crippen LogP contribution in [-0.2, 0) is 21.4 Å². The van der Waals surface area contributed by atoms with Gasteiger partial charge in [0.1, 0.15) is 0 Å². The van der Waals surface area contributed by atoms with E-state index >= 15 is 0 Å². The van der Waals surface area contributed by atoms with Crippen LogP contribution < -0.4 is 5.32 Å². The highest BCUT2D eigenvalue weighted by Gasteiger charge is 2.20. The maximum absolute atomic E-state index is 12.6. The summed E-state index contributed by atoms with van der Waals surface area (Å²) in [5.74, 6) is -0.193. The van der Waals surface area contributed by atoms with Crippen molar-refractivity contribution < 1.29 is 13.2 Å². The van der Waals surface area contributed by atoms with E-state index < -0.39 is 10.0 Å². The molecule has 7 heteroatoms. The predicted molar refractivity (Wildman–Crippen MR) is 94.0 cm³/mol. The number of anilines is 1. The number of hydrogen-bond donors (Lipinski definition) is 1. The fourth-order valence-corrected chi connectivity index (χ4v) is 3.31. The molecule has 0 fully saturated rings. The molecule has 122 valence electrons. The second-order valence-electron chi connectivity index (χ2n) is 4.95. The van der Waals surface area contributed by atoms with Crippen molar-refractivity contribution in [2.24, 2.45) is 0 Å². The molecule has 0 aliphatic heterocycles. The molecule has 0 bridgehead atoms. The number of amides is 1. The number of halogens is 1. The lowest BCUT2D eigenvalue weighted by atomic mass is 10.2. The van der Waals surface area contributed by atoms with Crippen molar-refractivity contribution in [1.82, 2.24) is 4.31 Å². The van der Waals surface area contributed by atoms with E-state index in [0.717, 1.165) is 5.56 Å². The summed E-state index contributed by atoms with van der Waals surface area (Å²) >= 11 is 3.05. The van der Waals surface area contributed by atoms with Crippen LogP contribution in [0.5, 0.6) is 0 Å². The van der Waals surface area contributed by atoms with E-state index in [1.54, 1.807) is 19.2 Å². The smallest absolute Gasteiger partial charge is 0.243 e. The standard InChI is InChI=1S/C16H17BrN2O3S/c1-19(12-13-5-3-2-4-6-13)23(21,22)15-9-7-14(8-10-15)18-16(20)11-17/h2-10H,11-12H2,1H3,(H,18,20). The van der Waals surface area contributed by atoms with Crippen molar-refractivity contribution in [3.05, 3.63) is 60.2 Å². The zero-order chi connectivity index (χ0) is 16.9. The number of rotatable bonds is 6. The van der Waals surface area contributed by atoms with Crippen molar-refractivity contribution >= 4 is 37.5 Å². The lowest BCUT2D eigenvalue weighted by Crippen LogP contribution is -2.26. The average molecular weight is 397 g/mol. The maximum atomic E-state index is 12.6. The molecule has 0 aliphatic carbocycles. The molecular weight excluding hydrogens is 380 g/mol. The summed E-state index contributed by atoms with van der Waals surface area (Å²) in [6.45, 7) is 0.297. The van der Waals surface area contributed by atoms with Crippen LogP contribution in [0.4, 0.5) is 5.69 Å². The largest absolute Gasteiger partial charge is 0.325 e. The van der Waals surface area contributed by atoms with Crippen molar-refractivity contribution in [3.63, 3.8) is 0 Å². The first kappa shape index (κ1) is 17.7. The molecule has 0 radical (unpaired) electrons. The Morgan fingerprint density at radius 3 is 2.26 bits per heavy atom. The highest BCUT2D eigenvalue weighted by molar-refractivity contribution is 9.09. The summed E-state index contributed by atoms with van der Waals surface area (Å²) in [6, 6.07) is 15.5. The molecule has 0 aromatic heterocycles. The second kappa shape index (κ2) is 7.72. The van der Waals surface area contributed by atoms with Crippen LogP contribution in [0.1, 0.15) is 5.56 Å². The van der Waals surface area contributed by atoms with Gasteiger partial charge in [-0.15, -0.1) is 0 Å². The van der Waals surface area contributed by atoms with Crippen LogP contribution in [0.15, 0.2) is 59.5 Å². The third-order valence-electron chi connectivity index (χ3n) is 3.22. The molecule has 0 unspecified atom stereocenters. The van der Waals surface area contributed by atoms with Crippen LogP contribution in [0.2, 0.25) is 0 Å². The normalized spacial score (nSPS) is 11.4. The summed E-state index contributed by atoms with van der Waals surface area (Å²) in [4.78, 5) is 11.5. The highest BCUT2D eigenvalue weighted by atomic mass is 79.9. The Morgan fingerprint density at radius 1 is 1.09 bits per heavy atom. The maximum Gasteiger partial charge on any atom is 0.243 e. The van der Waals surface area contributed by atoms with Gasteiger partial charge in [0.15, 0.2) is 0 Å². The van der Waals surface area contributed by atoms with E-state index in [4.69, 9.17) is 0 Å². The van der Waals surface area contributed by atoms with E-state index in [1.807, 2.05) is 30.3 Å². The van der Waals surface area contributed by atoms with Crippen molar-refractivity contribution in [3.8, 4) is 0 Å². The van der Waals surface area contributed by atoms with Gasteiger partial charge >= 0.3 is 0 Å². The molecule has 1 amide bonds. The van der Waals surface area contributed by atoms with E-state index in [2.05, 4.69) is 21.2 Å². The number of benzene rings is 2. The summed E-state index contributed by atoms with van der Waals surface area (Å²) in [7, 11) is -2.03. The summed E-state index contributed by atoms with van der Waals surface area (Å²) < 4.78 is 26.4. The number of sulfonamides is 1. The predicted octanol–water partition coefficient (Wildman–Crippen LogP) is 2.84. The SMILES string of the molecule is CN(Cc1ccccc1)S(=O)(=O)c1ccc(NC(=O)CBr)cc1. The zero-order valence-electron chi connectivity index (χ0n) is 12.6. The first-order chi connectivity index (χ1) is 10.9. The number of carbonyl (C=O) groups excluding carboxylic acids is 1. The van der Waals surface area contributed by atoms with Gasteiger partial charge in [-0.1, -0.05) is 46.3 Å². The molecule has 0 spiro atoms. The van der Waals surface area contributed by atoms with Gasteiger partial charge in [0.25, 0.3) is 0 Å². The Labute approximate surface area is 144 Å². The number of alkyl halides is 1. The van der Waals surface area contributed by atoms with Gasteiger partial charge in [-0.05, 0) is 29.8 Å². The van der Waals surface area contributed by atoms with Gasteiger partial charge in [-0.2, -0.15) is 4.31 Å². The molecule has 2 aromatic rings. The zero-order valence-corrected chi connectivity index (χ0v) is 15.0. The van der Waals surface area contributed by atoms with Crippen LogP contribution >= 0.6 is 15.9 Å². The van der Waals surface area contributed by atoms with E-state index in [9.17, 15) is 13.2 Å². The molecule has 0 aliphatic rings. The van der Waals surface area contributed by atoms with E-state index in [1.165, 1.54) is 16.4 Å². The Kier molecular flexibility index (Phi) is 5.92. The highest BCUT2D eigenvalue weighted by Crippen LogP contribution is 2.19. The fraction of sp³-hybridized carbons (Fsp3) is 0.188. The Morgan fingerprint density at radius 2 is 1.70 bits per heavy atom.